The van der Waals surface area contributed by atoms with E-state index in [1.807, 2.05) is 0 Å². The summed E-state index contributed by atoms with van der Waals surface area (Å²) in [5, 5.41) is 2.26. The molecule has 2 heterocycles. The number of carbonyl (C=O) groups excluding carboxylic acids is 3. The molecule has 0 spiro atoms. The van der Waals surface area contributed by atoms with Gasteiger partial charge in [-0.05, 0) is 34.8 Å². The number of amides is 3. The highest BCUT2D eigenvalue weighted by molar-refractivity contribution is 9.10. The number of hydrogen-bond donors (Lipinski definition) is 1. The van der Waals surface area contributed by atoms with Crippen molar-refractivity contribution in [1.29, 1.82) is 0 Å². The molecule has 1 aromatic heterocycles. The van der Waals surface area contributed by atoms with Crippen molar-refractivity contribution >= 4 is 33.7 Å². The standard InChI is InChI=1S/C13H12BrN3O3/c14-9-6-15-4-3-8(9)13(20)17(7-1-2-7)10-5-11(18)16-12(10)19/h3-4,6-7,10H,1-2,5H2,(H,16,18,19)/t10-/m1/s1. The highest BCUT2D eigenvalue weighted by Crippen LogP contribution is 2.33. The van der Waals surface area contributed by atoms with Crippen LogP contribution in [0, 0.1) is 0 Å². The molecule has 1 aliphatic heterocycles. The molecule has 0 radical (unpaired) electrons. The summed E-state index contributed by atoms with van der Waals surface area (Å²) in [6, 6.07) is 0.961. The second kappa shape index (κ2) is 4.97. The highest BCUT2D eigenvalue weighted by atomic mass is 79.9. The van der Waals surface area contributed by atoms with Crippen molar-refractivity contribution in [3.63, 3.8) is 0 Å². The Kier molecular flexibility index (Phi) is 3.29. The van der Waals surface area contributed by atoms with E-state index in [1.165, 1.54) is 12.4 Å². The quantitative estimate of drug-likeness (QED) is 0.830. The maximum absolute atomic E-state index is 12.7. The molecule has 1 N–H and O–H groups in total. The van der Waals surface area contributed by atoms with E-state index in [9.17, 15) is 14.4 Å². The fourth-order valence-corrected chi connectivity index (χ4v) is 2.79. The number of halogens is 1. The second-order valence-electron chi connectivity index (χ2n) is 4.93. The number of carbonyl (C=O) groups is 3. The number of rotatable bonds is 3. The summed E-state index contributed by atoms with van der Waals surface area (Å²) in [7, 11) is 0. The third-order valence-corrected chi connectivity index (χ3v) is 4.09. The van der Waals surface area contributed by atoms with Crippen LogP contribution < -0.4 is 5.32 Å². The van der Waals surface area contributed by atoms with Crippen molar-refractivity contribution in [3.8, 4) is 0 Å². The zero-order chi connectivity index (χ0) is 14.3. The van der Waals surface area contributed by atoms with Gasteiger partial charge in [0.05, 0.1) is 12.0 Å². The summed E-state index contributed by atoms with van der Waals surface area (Å²) in [6.07, 6.45) is 4.85. The van der Waals surface area contributed by atoms with Crippen LogP contribution in [0.2, 0.25) is 0 Å². The Labute approximate surface area is 123 Å². The Morgan fingerprint density at radius 1 is 1.40 bits per heavy atom. The van der Waals surface area contributed by atoms with Crippen LogP contribution in [0.15, 0.2) is 22.9 Å². The minimum Gasteiger partial charge on any atom is -0.323 e. The molecule has 0 unspecified atom stereocenters. The molecular formula is C13H12BrN3O3. The normalized spacial score (nSPS) is 21.8. The number of hydrogen-bond acceptors (Lipinski definition) is 4. The SMILES string of the molecule is O=C1C[C@@H](N(C(=O)c2ccncc2Br)C2CC2)C(=O)N1. The Hall–Kier alpha value is -1.76. The third-order valence-electron chi connectivity index (χ3n) is 3.46. The van der Waals surface area contributed by atoms with Crippen LogP contribution in [0.3, 0.4) is 0 Å². The number of imide groups is 1. The zero-order valence-electron chi connectivity index (χ0n) is 10.5. The van der Waals surface area contributed by atoms with Crippen molar-refractivity contribution in [1.82, 2.24) is 15.2 Å². The van der Waals surface area contributed by atoms with Crippen LogP contribution in [-0.4, -0.2) is 39.7 Å². The lowest BCUT2D eigenvalue weighted by Gasteiger charge is -2.27. The third kappa shape index (κ3) is 2.33. The van der Waals surface area contributed by atoms with Gasteiger partial charge >= 0.3 is 0 Å². The first-order valence-electron chi connectivity index (χ1n) is 6.34. The molecule has 1 aromatic rings. The largest absolute Gasteiger partial charge is 0.323 e. The molecule has 2 aliphatic rings. The van der Waals surface area contributed by atoms with Gasteiger partial charge in [-0.15, -0.1) is 0 Å². The molecule has 1 saturated carbocycles. The number of nitrogens with one attached hydrogen (secondary N) is 1. The molecule has 3 rings (SSSR count). The summed E-state index contributed by atoms with van der Waals surface area (Å²) < 4.78 is 0.584. The smallest absolute Gasteiger partial charge is 0.256 e. The summed E-state index contributed by atoms with van der Waals surface area (Å²) in [5.74, 6) is -0.954. The van der Waals surface area contributed by atoms with E-state index in [-0.39, 0.29) is 30.2 Å². The Balaban J connectivity index is 1.92. The monoisotopic (exact) mass is 337 g/mol. The molecule has 1 saturated heterocycles. The van der Waals surface area contributed by atoms with Crippen LogP contribution in [0.4, 0.5) is 0 Å². The number of pyridine rings is 1. The molecule has 104 valence electrons. The van der Waals surface area contributed by atoms with Gasteiger partial charge < -0.3 is 4.90 Å². The van der Waals surface area contributed by atoms with E-state index in [1.54, 1.807) is 11.0 Å². The van der Waals surface area contributed by atoms with Crippen molar-refractivity contribution in [3.05, 3.63) is 28.5 Å². The first-order chi connectivity index (χ1) is 9.58. The van der Waals surface area contributed by atoms with E-state index >= 15 is 0 Å². The average molecular weight is 338 g/mol. The van der Waals surface area contributed by atoms with Gasteiger partial charge in [-0.3, -0.25) is 24.7 Å². The van der Waals surface area contributed by atoms with Gasteiger partial charge in [-0.1, -0.05) is 0 Å². The topological polar surface area (TPSA) is 79.4 Å². The molecule has 7 heteroatoms. The Morgan fingerprint density at radius 3 is 2.70 bits per heavy atom. The van der Waals surface area contributed by atoms with Crippen LogP contribution in [0.1, 0.15) is 29.6 Å². The number of aromatic nitrogens is 1. The predicted molar refractivity (Wildman–Crippen MR) is 72.7 cm³/mol. The van der Waals surface area contributed by atoms with Gasteiger partial charge in [0, 0.05) is 22.9 Å². The Bertz CT molecular complexity index is 600. The van der Waals surface area contributed by atoms with Crippen LogP contribution in [-0.2, 0) is 9.59 Å². The summed E-state index contributed by atoms with van der Waals surface area (Å²) in [5.41, 5.74) is 0.457. The lowest BCUT2D eigenvalue weighted by molar-refractivity contribution is -0.126. The van der Waals surface area contributed by atoms with E-state index in [0.717, 1.165) is 12.8 Å². The molecule has 0 bridgehead atoms. The minimum absolute atomic E-state index is 0.0454. The lowest BCUT2D eigenvalue weighted by atomic mass is 10.1. The molecule has 2 fully saturated rings. The van der Waals surface area contributed by atoms with E-state index in [4.69, 9.17) is 0 Å². The van der Waals surface area contributed by atoms with Gasteiger partial charge in [-0.2, -0.15) is 0 Å². The molecule has 6 nitrogen and oxygen atoms in total. The van der Waals surface area contributed by atoms with Gasteiger partial charge in [-0.25, -0.2) is 0 Å². The average Bonchev–Trinajstić information content (AvgIpc) is 3.17. The fourth-order valence-electron chi connectivity index (χ4n) is 2.37. The predicted octanol–water partition coefficient (Wildman–Crippen LogP) is 0.864. The first kappa shape index (κ1) is 13.2. The molecule has 20 heavy (non-hydrogen) atoms. The van der Waals surface area contributed by atoms with Crippen molar-refractivity contribution in [2.75, 3.05) is 0 Å². The summed E-state index contributed by atoms with van der Waals surface area (Å²) >= 11 is 3.29. The highest BCUT2D eigenvalue weighted by Gasteiger charge is 2.45. The van der Waals surface area contributed by atoms with Crippen molar-refractivity contribution in [2.24, 2.45) is 0 Å². The van der Waals surface area contributed by atoms with Crippen LogP contribution in [0.5, 0.6) is 0 Å². The van der Waals surface area contributed by atoms with Gasteiger partial charge in [0.2, 0.25) is 11.8 Å². The van der Waals surface area contributed by atoms with E-state index in [0.29, 0.717) is 10.0 Å². The maximum atomic E-state index is 12.7. The maximum Gasteiger partial charge on any atom is 0.256 e. The molecule has 1 atom stereocenters. The van der Waals surface area contributed by atoms with Crippen LogP contribution >= 0.6 is 15.9 Å². The van der Waals surface area contributed by atoms with Gasteiger partial charge in [0.1, 0.15) is 6.04 Å². The lowest BCUT2D eigenvalue weighted by Crippen LogP contribution is -2.46. The summed E-state index contributed by atoms with van der Waals surface area (Å²) in [6.45, 7) is 0. The zero-order valence-corrected chi connectivity index (χ0v) is 12.1. The van der Waals surface area contributed by atoms with E-state index in [2.05, 4.69) is 26.2 Å². The second-order valence-corrected chi connectivity index (χ2v) is 5.79. The minimum atomic E-state index is -0.692. The van der Waals surface area contributed by atoms with Gasteiger partial charge in [0.15, 0.2) is 0 Å². The van der Waals surface area contributed by atoms with Crippen LogP contribution in [0.25, 0.3) is 0 Å². The first-order valence-corrected chi connectivity index (χ1v) is 7.13. The number of nitrogens with zero attached hydrogens (tertiary/aromatic N) is 2. The fraction of sp³-hybridized carbons (Fsp3) is 0.385. The summed E-state index contributed by atoms with van der Waals surface area (Å²) in [4.78, 5) is 41.3. The van der Waals surface area contributed by atoms with Crippen molar-refractivity contribution in [2.45, 2.75) is 31.3 Å². The van der Waals surface area contributed by atoms with Crippen molar-refractivity contribution < 1.29 is 14.4 Å². The van der Waals surface area contributed by atoms with Gasteiger partial charge in [0.25, 0.3) is 5.91 Å². The molecule has 0 aromatic carbocycles. The Morgan fingerprint density at radius 2 is 2.15 bits per heavy atom. The molecular weight excluding hydrogens is 326 g/mol. The molecule has 3 amide bonds. The molecule has 1 aliphatic carbocycles. The van der Waals surface area contributed by atoms with E-state index < -0.39 is 6.04 Å².